The minimum atomic E-state index is -3.94. The van der Waals surface area contributed by atoms with Crippen LogP contribution in [0.1, 0.15) is 5.56 Å². The molecule has 0 aromatic heterocycles. The van der Waals surface area contributed by atoms with E-state index in [1.54, 1.807) is 42.1 Å². The van der Waals surface area contributed by atoms with Gasteiger partial charge in [-0.15, -0.1) is 0 Å². The monoisotopic (exact) mass is 508 g/mol. The second-order valence-electron chi connectivity index (χ2n) is 6.83. The number of hydrogen-bond donors (Lipinski definition) is 1. The maximum absolute atomic E-state index is 13.2. The molecule has 0 unspecified atom stereocenters. The van der Waals surface area contributed by atoms with Crippen LogP contribution in [0.2, 0.25) is 10.0 Å². The molecular formula is C23H22Cl2N2O3S2. The Morgan fingerprint density at radius 2 is 1.47 bits per heavy atom. The number of carbonyl (C=O) groups excluding carboxylic acids is 1. The number of carbonyl (C=O) groups is 1. The molecule has 1 amide bonds. The van der Waals surface area contributed by atoms with E-state index in [9.17, 15) is 13.2 Å². The lowest BCUT2D eigenvalue weighted by molar-refractivity contribution is -0.119. The molecule has 0 atom stereocenters. The molecule has 0 aliphatic heterocycles. The maximum Gasteiger partial charge on any atom is 0.264 e. The van der Waals surface area contributed by atoms with Crippen molar-refractivity contribution in [1.82, 2.24) is 5.32 Å². The van der Waals surface area contributed by atoms with Crippen molar-refractivity contribution in [2.45, 2.75) is 10.6 Å². The van der Waals surface area contributed by atoms with Crippen molar-refractivity contribution >= 4 is 56.6 Å². The zero-order chi connectivity index (χ0) is 23.0. The lowest BCUT2D eigenvalue weighted by Crippen LogP contribution is -2.41. The Kier molecular flexibility index (Phi) is 8.87. The van der Waals surface area contributed by atoms with Gasteiger partial charge < -0.3 is 5.32 Å². The molecule has 3 rings (SSSR count). The van der Waals surface area contributed by atoms with Gasteiger partial charge in [-0.2, -0.15) is 11.8 Å². The summed E-state index contributed by atoms with van der Waals surface area (Å²) in [5.41, 5.74) is 1.56. The molecule has 0 fully saturated rings. The quantitative estimate of drug-likeness (QED) is 0.380. The van der Waals surface area contributed by atoms with Gasteiger partial charge in [-0.3, -0.25) is 9.10 Å². The second kappa shape index (κ2) is 11.6. The van der Waals surface area contributed by atoms with Crippen molar-refractivity contribution in [2.24, 2.45) is 0 Å². The van der Waals surface area contributed by atoms with E-state index in [0.717, 1.165) is 15.6 Å². The summed E-state index contributed by atoms with van der Waals surface area (Å²) >= 11 is 13.4. The molecule has 9 heteroatoms. The van der Waals surface area contributed by atoms with E-state index in [4.69, 9.17) is 23.2 Å². The van der Waals surface area contributed by atoms with Gasteiger partial charge in [0.15, 0.2) is 0 Å². The van der Waals surface area contributed by atoms with Crippen LogP contribution in [0, 0.1) is 0 Å². The third-order valence-electron chi connectivity index (χ3n) is 4.48. The number of amides is 1. The summed E-state index contributed by atoms with van der Waals surface area (Å²) < 4.78 is 27.6. The van der Waals surface area contributed by atoms with Crippen molar-refractivity contribution in [3.05, 3.63) is 94.5 Å². The first kappa shape index (κ1) is 24.5. The Hall–Kier alpha value is -2.19. The molecule has 0 heterocycles. The predicted molar refractivity (Wildman–Crippen MR) is 133 cm³/mol. The molecule has 0 bridgehead atoms. The van der Waals surface area contributed by atoms with Gasteiger partial charge in [-0.25, -0.2) is 8.42 Å². The highest BCUT2D eigenvalue weighted by Gasteiger charge is 2.27. The van der Waals surface area contributed by atoms with Gasteiger partial charge in [0.2, 0.25) is 5.91 Å². The summed E-state index contributed by atoms with van der Waals surface area (Å²) in [5.74, 6) is 1.12. The summed E-state index contributed by atoms with van der Waals surface area (Å²) in [7, 11) is -3.94. The number of thioether (sulfide) groups is 1. The SMILES string of the molecule is O=C(CN(c1ccccc1)S(=O)(=O)c1ccc(Cl)cc1)NCCSCc1ccc(Cl)cc1. The molecule has 0 spiro atoms. The normalized spacial score (nSPS) is 11.2. The Balaban J connectivity index is 1.60. The highest BCUT2D eigenvalue weighted by molar-refractivity contribution is 7.98. The topological polar surface area (TPSA) is 66.5 Å². The van der Waals surface area contributed by atoms with Crippen molar-refractivity contribution in [3.63, 3.8) is 0 Å². The summed E-state index contributed by atoms with van der Waals surface area (Å²) in [6, 6.07) is 22.1. The van der Waals surface area contributed by atoms with Gasteiger partial charge in [0.05, 0.1) is 10.6 Å². The molecule has 32 heavy (non-hydrogen) atoms. The van der Waals surface area contributed by atoms with Crippen LogP contribution in [-0.2, 0) is 20.6 Å². The zero-order valence-corrected chi connectivity index (χ0v) is 20.2. The maximum atomic E-state index is 13.2. The van der Waals surface area contributed by atoms with Gasteiger partial charge in [0.25, 0.3) is 10.0 Å². The van der Waals surface area contributed by atoms with E-state index in [2.05, 4.69) is 5.32 Å². The number of nitrogens with one attached hydrogen (secondary N) is 1. The van der Waals surface area contributed by atoms with E-state index >= 15 is 0 Å². The van der Waals surface area contributed by atoms with E-state index < -0.39 is 10.0 Å². The number of halogens is 2. The van der Waals surface area contributed by atoms with Gasteiger partial charge in [-0.05, 0) is 54.1 Å². The molecule has 5 nitrogen and oxygen atoms in total. The van der Waals surface area contributed by atoms with E-state index in [1.165, 1.54) is 24.3 Å². The number of sulfonamides is 1. The van der Waals surface area contributed by atoms with E-state index in [1.807, 2.05) is 24.3 Å². The largest absolute Gasteiger partial charge is 0.354 e. The molecule has 0 aliphatic carbocycles. The first-order chi connectivity index (χ1) is 15.4. The van der Waals surface area contributed by atoms with Crippen molar-refractivity contribution in [3.8, 4) is 0 Å². The molecule has 0 aliphatic rings. The van der Waals surface area contributed by atoms with Crippen molar-refractivity contribution < 1.29 is 13.2 Å². The number of anilines is 1. The predicted octanol–water partition coefficient (Wildman–Crippen LogP) is 5.24. The average molecular weight is 509 g/mol. The third kappa shape index (κ3) is 6.90. The molecule has 3 aromatic carbocycles. The van der Waals surface area contributed by atoms with Crippen LogP contribution in [0.5, 0.6) is 0 Å². The number of para-hydroxylation sites is 1. The van der Waals surface area contributed by atoms with Crippen LogP contribution in [0.3, 0.4) is 0 Å². The fraction of sp³-hybridized carbons (Fsp3) is 0.174. The number of nitrogens with zero attached hydrogens (tertiary/aromatic N) is 1. The lowest BCUT2D eigenvalue weighted by atomic mass is 10.2. The average Bonchev–Trinajstić information content (AvgIpc) is 2.79. The molecule has 1 N–H and O–H groups in total. The molecular weight excluding hydrogens is 487 g/mol. The van der Waals surface area contributed by atoms with Gasteiger partial charge in [-0.1, -0.05) is 53.5 Å². The van der Waals surface area contributed by atoms with E-state index in [0.29, 0.717) is 28.0 Å². The van der Waals surface area contributed by atoms with Gasteiger partial charge in [0.1, 0.15) is 6.54 Å². The minimum Gasteiger partial charge on any atom is -0.354 e. The highest BCUT2D eigenvalue weighted by atomic mass is 35.5. The number of hydrogen-bond acceptors (Lipinski definition) is 4. The molecule has 3 aromatic rings. The fourth-order valence-electron chi connectivity index (χ4n) is 2.86. The Morgan fingerprint density at radius 1 is 0.875 bits per heavy atom. The third-order valence-corrected chi connectivity index (χ3v) is 7.81. The smallest absolute Gasteiger partial charge is 0.264 e. The molecule has 0 radical (unpaired) electrons. The van der Waals surface area contributed by atoms with Crippen molar-refractivity contribution in [2.75, 3.05) is 23.1 Å². The van der Waals surface area contributed by atoms with E-state index in [-0.39, 0.29) is 17.3 Å². The number of rotatable bonds is 10. The standard InChI is InChI=1S/C23H22Cl2N2O3S2/c24-19-8-6-18(7-9-19)17-31-15-14-26-23(28)16-27(21-4-2-1-3-5-21)32(29,30)22-12-10-20(25)11-13-22/h1-13H,14-17H2,(H,26,28). The molecule has 0 saturated heterocycles. The lowest BCUT2D eigenvalue weighted by Gasteiger charge is -2.24. The Bertz CT molecular complexity index is 1120. The molecule has 168 valence electrons. The van der Waals surface area contributed by atoms with Gasteiger partial charge >= 0.3 is 0 Å². The summed E-state index contributed by atoms with van der Waals surface area (Å²) in [4.78, 5) is 12.6. The number of benzene rings is 3. The van der Waals surface area contributed by atoms with Gasteiger partial charge in [0, 0.05) is 28.1 Å². The zero-order valence-electron chi connectivity index (χ0n) is 17.1. The van der Waals surface area contributed by atoms with Crippen LogP contribution >= 0.6 is 35.0 Å². The first-order valence-corrected chi connectivity index (χ1v) is 13.1. The Labute approximate surface area is 202 Å². The van der Waals surface area contributed by atoms with Crippen LogP contribution in [0.25, 0.3) is 0 Å². The van der Waals surface area contributed by atoms with Crippen LogP contribution < -0.4 is 9.62 Å². The molecule has 0 saturated carbocycles. The minimum absolute atomic E-state index is 0.0667. The van der Waals surface area contributed by atoms with Crippen LogP contribution in [0.4, 0.5) is 5.69 Å². The Morgan fingerprint density at radius 3 is 2.09 bits per heavy atom. The first-order valence-electron chi connectivity index (χ1n) is 9.78. The van der Waals surface area contributed by atoms with Crippen molar-refractivity contribution in [1.29, 1.82) is 0 Å². The van der Waals surface area contributed by atoms with Crippen LogP contribution in [0.15, 0.2) is 83.8 Å². The van der Waals surface area contributed by atoms with Crippen LogP contribution in [-0.4, -0.2) is 33.2 Å². The fourth-order valence-corrected chi connectivity index (χ4v) is 5.35. The summed E-state index contributed by atoms with van der Waals surface area (Å²) in [6.45, 7) is 0.109. The highest BCUT2D eigenvalue weighted by Crippen LogP contribution is 2.24. The summed E-state index contributed by atoms with van der Waals surface area (Å²) in [6.07, 6.45) is 0. The summed E-state index contributed by atoms with van der Waals surface area (Å²) in [5, 5.41) is 3.93. The second-order valence-corrected chi connectivity index (χ2v) is 10.7.